The maximum absolute atomic E-state index is 11.8. The molecule has 0 aliphatic rings. The van der Waals surface area contributed by atoms with E-state index in [0.29, 0.717) is 30.9 Å². The number of hydrogen-bond donors (Lipinski definition) is 1. The van der Waals surface area contributed by atoms with Crippen LogP contribution in [0.2, 0.25) is 0 Å². The fourth-order valence-corrected chi connectivity index (χ4v) is 2.67. The second-order valence-corrected chi connectivity index (χ2v) is 6.32. The average molecular weight is 315 g/mol. The highest BCUT2D eigenvalue weighted by molar-refractivity contribution is 7.92. The molecule has 0 saturated heterocycles. The summed E-state index contributed by atoms with van der Waals surface area (Å²) in [5.41, 5.74) is 0.810. The van der Waals surface area contributed by atoms with E-state index in [1.54, 1.807) is 0 Å². The number of carbonyl (C=O) groups excluding carboxylic acids is 1. The lowest BCUT2D eigenvalue weighted by molar-refractivity contribution is 0.0505. The molecular formula is C14H21NO5S. The monoisotopic (exact) mass is 315 g/mol. The molecule has 7 heteroatoms. The van der Waals surface area contributed by atoms with Gasteiger partial charge in [-0.1, -0.05) is 6.92 Å². The summed E-state index contributed by atoms with van der Waals surface area (Å²) in [6.07, 6.45) is 1.18. The van der Waals surface area contributed by atoms with Gasteiger partial charge in [0.15, 0.2) is 0 Å². The van der Waals surface area contributed by atoms with Crippen molar-refractivity contribution in [2.75, 3.05) is 30.8 Å². The predicted octanol–water partition coefficient (Wildman–Crippen LogP) is 2.03. The number of hydrogen-bond acceptors (Lipinski definition) is 5. The number of methoxy groups -OCH3 is 1. The normalized spacial score (nSPS) is 11.1. The summed E-state index contributed by atoms with van der Waals surface area (Å²) in [5, 5.41) is 0. The fraction of sp³-hybridized carbons (Fsp3) is 0.500. The molecule has 0 radical (unpaired) electrons. The molecule has 1 rings (SSSR count). The highest BCUT2D eigenvalue weighted by atomic mass is 32.2. The third-order valence-electron chi connectivity index (χ3n) is 2.59. The van der Waals surface area contributed by atoms with E-state index in [1.807, 2.05) is 6.92 Å². The first-order valence-corrected chi connectivity index (χ1v) is 8.40. The summed E-state index contributed by atoms with van der Waals surface area (Å²) in [6, 6.07) is 6.14. The van der Waals surface area contributed by atoms with Crippen LogP contribution in [0.4, 0.5) is 5.69 Å². The van der Waals surface area contributed by atoms with Crippen LogP contribution >= 0.6 is 0 Å². The van der Waals surface area contributed by atoms with Gasteiger partial charge in [-0.05, 0) is 37.1 Å². The maximum Gasteiger partial charge on any atom is 0.338 e. The summed E-state index contributed by atoms with van der Waals surface area (Å²) >= 11 is 0. The van der Waals surface area contributed by atoms with E-state index in [4.69, 9.17) is 9.47 Å². The highest BCUT2D eigenvalue weighted by Crippen LogP contribution is 2.13. The number of nitrogens with one attached hydrogen (secondary N) is 1. The van der Waals surface area contributed by atoms with Gasteiger partial charge in [-0.25, -0.2) is 13.2 Å². The van der Waals surface area contributed by atoms with Crippen molar-refractivity contribution < 1.29 is 22.7 Å². The number of benzene rings is 1. The third-order valence-corrected chi connectivity index (χ3v) is 3.97. The van der Waals surface area contributed by atoms with Crippen LogP contribution in [0.1, 0.15) is 30.1 Å². The van der Waals surface area contributed by atoms with Gasteiger partial charge in [0, 0.05) is 19.4 Å². The summed E-state index contributed by atoms with van der Waals surface area (Å²) in [6.45, 7) is 2.67. The van der Waals surface area contributed by atoms with Crippen LogP contribution in [0.25, 0.3) is 0 Å². The van der Waals surface area contributed by atoms with Gasteiger partial charge in [-0.15, -0.1) is 0 Å². The molecule has 0 amide bonds. The van der Waals surface area contributed by atoms with Crippen molar-refractivity contribution in [2.24, 2.45) is 0 Å². The van der Waals surface area contributed by atoms with Crippen LogP contribution in [0.3, 0.4) is 0 Å². The van der Waals surface area contributed by atoms with E-state index in [2.05, 4.69) is 4.72 Å². The molecule has 6 nitrogen and oxygen atoms in total. The van der Waals surface area contributed by atoms with Crippen molar-refractivity contribution in [2.45, 2.75) is 19.8 Å². The lowest BCUT2D eigenvalue weighted by Gasteiger charge is -2.08. The van der Waals surface area contributed by atoms with Gasteiger partial charge in [-0.3, -0.25) is 4.72 Å². The molecule has 21 heavy (non-hydrogen) atoms. The van der Waals surface area contributed by atoms with Gasteiger partial charge in [0.2, 0.25) is 10.0 Å². The Kier molecular flexibility index (Phi) is 7.18. The number of ether oxygens (including phenoxy) is 2. The van der Waals surface area contributed by atoms with Gasteiger partial charge in [0.1, 0.15) is 0 Å². The first-order valence-electron chi connectivity index (χ1n) is 6.75. The molecule has 0 spiro atoms. The van der Waals surface area contributed by atoms with Crippen molar-refractivity contribution in [1.29, 1.82) is 0 Å². The number of sulfonamides is 1. The summed E-state index contributed by atoms with van der Waals surface area (Å²) in [7, 11) is -1.88. The molecule has 0 unspecified atom stereocenters. The largest absolute Gasteiger partial charge is 0.462 e. The van der Waals surface area contributed by atoms with Crippen molar-refractivity contribution in [1.82, 2.24) is 0 Å². The Morgan fingerprint density at radius 3 is 2.43 bits per heavy atom. The molecule has 1 N–H and O–H groups in total. The Hall–Kier alpha value is -1.60. The number of carbonyl (C=O) groups is 1. The van der Waals surface area contributed by atoms with Crippen LogP contribution in [-0.4, -0.2) is 40.5 Å². The van der Waals surface area contributed by atoms with E-state index in [9.17, 15) is 13.2 Å². The van der Waals surface area contributed by atoms with Gasteiger partial charge in [-0.2, -0.15) is 0 Å². The highest BCUT2D eigenvalue weighted by Gasteiger charge is 2.11. The van der Waals surface area contributed by atoms with Crippen LogP contribution in [0.5, 0.6) is 0 Å². The van der Waals surface area contributed by atoms with Crippen molar-refractivity contribution >= 4 is 21.7 Å². The molecule has 0 heterocycles. The molecule has 0 aliphatic heterocycles. The molecule has 0 aliphatic carbocycles. The number of esters is 1. The second kappa shape index (κ2) is 8.63. The van der Waals surface area contributed by atoms with Crippen LogP contribution in [0.15, 0.2) is 24.3 Å². The minimum Gasteiger partial charge on any atom is -0.462 e. The van der Waals surface area contributed by atoms with Crippen LogP contribution in [0, 0.1) is 0 Å². The Labute approximate surface area is 125 Å². The van der Waals surface area contributed by atoms with E-state index in [-0.39, 0.29) is 5.75 Å². The lowest BCUT2D eigenvalue weighted by Crippen LogP contribution is -2.17. The van der Waals surface area contributed by atoms with Gasteiger partial charge >= 0.3 is 5.97 Å². The summed E-state index contributed by atoms with van der Waals surface area (Å²) in [4.78, 5) is 11.6. The Balaban J connectivity index is 2.60. The second-order valence-electron chi connectivity index (χ2n) is 4.48. The molecular weight excluding hydrogens is 294 g/mol. The molecule has 118 valence electrons. The van der Waals surface area contributed by atoms with Crippen molar-refractivity contribution in [3.8, 4) is 0 Å². The first kappa shape index (κ1) is 17.5. The Morgan fingerprint density at radius 1 is 1.19 bits per heavy atom. The van der Waals surface area contributed by atoms with Crippen molar-refractivity contribution in [3.63, 3.8) is 0 Å². The molecule has 0 fully saturated rings. The Bertz CT molecular complexity index is 539. The molecule has 1 aromatic carbocycles. The quantitative estimate of drug-likeness (QED) is 0.557. The minimum atomic E-state index is -3.40. The maximum atomic E-state index is 11.8. The van der Waals surface area contributed by atoms with Crippen molar-refractivity contribution in [3.05, 3.63) is 29.8 Å². The van der Waals surface area contributed by atoms with Crippen LogP contribution in [-0.2, 0) is 19.5 Å². The van der Waals surface area contributed by atoms with Gasteiger partial charge in [0.05, 0.1) is 17.9 Å². The lowest BCUT2D eigenvalue weighted by atomic mass is 10.2. The van der Waals surface area contributed by atoms with E-state index in [0.717, 1.165) is 6.42 Å². The Morgan fingerprint density at radius 2 is 1.86 bits per heavy atom. The zero-order chi connectivity index (χ0) is 15.7. The smallest absolute Gasteiger partial charge is 0.338 e. The van der Waals surface area contributed by atoms with Gasteiger partial charge in [0.25, 0.3) is 0 Å². The fourth-order valence-electron chi connectivity index (χ4n) is 1.58. The molecule has 0 aromatic heterocycles. The average Bonchev–Trinajstić information content (AvgIpc) is 2.45. The topological polar surface area (TPSA) is 81.7 Å². The summed E-state index contributed by atoms with van der Waals surface area (Å²) in [5.74, 6) is -0.424. The first-order chi connectivity index (χ1) is 9.98. The number of rotatable bonds is 9. The van der Waals surface area contributed by atoms with Gasteiger partial charge < -0.3 is 9.47 Å². The predicted molar refractivity (Wildman–Crippen MR) is 80.9 cm³/mol. The molecule has 1 aromatic rings. The summed E-state index contributed by atoms with van der Waals surface area (Å²) < 4.78 is 35.8. The van der Waals surface area contributed by atoms with Crippen LogP contribution < -0.4 is 4.72 Å². The SMILES string of the molecule is CCCOC(=O)c1ccc(NS(=O)(=O)CCCOC)cc1. The van der Waals surface area contributed by atoms with E-state index < -0.39 is 16.0 Å². The zero-order valence-corrected chi connectivity index (χ0v) is 13.1. The van der Waals surface area contributed by atoms with E-state index in [1.165, 1.54) is 31.4 Å². The minimum absolute atomic E-state index is 0.0128. The zero-order valence-electron chi connectivity index (χ0n) is 12.3. The number of anilines is 1. The molecule has 0 bridgehead atoms. The van der Waals surface area contributed by atoms with E-state index >= 15 is 0 Å². The standard InChI is InChI=1S/C14H21NO5S/c1-3-9-20-14(16)12-5-7-13(8-6-12)15-21(17,18)11-4-10-19-2/h5-8,15H,3-4,9-11H2,1-2H3. The molecule has 0 saturated carbocycles. The third kappa shape index (κ3) is 6.59. The molecule has 0 atom stereocenters.